The fraction of sp³-hybridized carbons (Fsp3) is 0.571. The van der Waals surface area contributed by atoms with E-state index in [4.69, 9.17) is 14.2 Å². The van der Waals surface area contributed by atoms with Gasteiger partial charge in [-0.15, -0.1) is 0 Å². The van der Waals surface area contributed by atoms with E-state index in [0.29, 0.717) is 13.2 Å². The first-order valence-corrected chi connectivity index (χ1v) is 6.57. The smallest absolute Gasteiger partial charge is 0.408 e. The molecule has 0 spiro atoms. The predicted molar refractivity (Wildman–Crippen MR) is 72.0 cm³/mol. The summed E-state index contributed by atoms with van der Waals surface area (Å²) in [7, 11) is 0. The topological polar surface area (TPSA) is 69.7 Å². The van der Waals surface area contributed by atoms with Crippen molar-refractivity contribution in [2.24, 2.45) is 0 Å². The summed E-state index contributed by atoms with van der Waals surface area (Å²) in [5.41, 5.74) is 0.349. The summed E-state index contributed by atoms with van der Waals surface area (Å²) in [6, 6.07) is 3.50. The molecule has 0 saturated carbocycles. The first-order valence-electron chi connectivity index (χ1n) is 6.57. The van der Waals surface area contributed by atoms with E-state index in [0.717, 1.165) is 5.56 Å². The third-order valence-corrected chi connectivity index (χ3v) is 2.58. The third-order valence-electron chi connectivity index (χ3n) is 2.58. The molecule has 1 fully saturated rings. The molecule has 1 aliphatic heterocycles. The highest BCUT2D eigenvalue weighted by molar-refractivity contribution is 5.68. The van der Waals surface area contributed by atoms with Crippen molar-refractivity contribution in [1.82, 2.24) is 10.3 Å². The van der Waals surface area contributed by atoms with Crippen molar-refractivity contribution in [3.63, 3.8) is 0 Å². The molecule has 6 nitrogen and oxygen atoms in total. The number of ether oxygens (including phenoxy) is 3. The molecule has 1 amide bonds. The van der Waals surface area contributed by atoms with E-state index in [1.165, 1.54) is 0 Å². The van der Waals surface area contributed by atoms with E-state index in [2.05, 4.69) is 10.3 Å². The molecule has 0 radical (unpaired) electrons. The standard InChI is InChI=1S/C14H20N2O4/c1-14(2,3)20-13(17)16-11-8-18-12(19-9-11)10-5-4-6-15-7-10/h4-7,11-12H,8-9H2,1-3H3,(H,16,17). The van der Waals surface area contributed by atoms with Gasteiger partial charge in [0.2, 0.25) is 0 Å². The van der Waals surface area contributed by atoms with Crippen LogP contribution in [-0.4, -0.2) is 35.9 Å². The number of pyridine rings is 1. The van der Waals surface area contributed by atoms with E-state index in [-0.39, 0.29) is 6.04 Å². The number of carbonyl (C=O) groups excluding carboxylic acids is 1. The van der Waals surface area contributed by atoms with Gasteiger partial charge in [-0.3, -0.25) is 4.98 Å². The largest absolute Gasteiger partial charge is 0.444 e. The zero-order valence-electron chi connectivity index (χ0n) is 12.0. The molecule has 0 aliphatic carbocycles. The van der Waals surface area contributed by atoms with Gasteiger partial charge in [0.15, 0.2) is 6.29 Å². The first kappa shape index (κ1) is 14.7. The lowest BCUT2D eigenvalue weighted by molar-refractivity contribution is -0.193. The van der Waals surface area contributed by atoms with Crippen molar-refractivity contribution >= 4 is 6.09 Å². The van der Waals surface area contributed by atoms with Crippen LogP contribution in [-0.2, 0) is 14.2 Å². The van der Waals surface area contributed by atoms with Crippen molar-refractivity contribution in [3.8, 4) is 0 Å². The molecule has 6 heteroatoms. The molecule has 1 aliphatic rings. The lowest BCUT2D eigenvalue weighted by Gasteiger charge is -2.30. The second-order valence-electron chi connectivity index (χ2n) is 5.63. The molecule has 0 atom stereocenters. The fourth-order valence-corrected chi connectivity index (χ4v) is 1.77. The van der Waals surface area contributed by atoms with Crippen LogP contribution < -0.4 is 5.32 Å². The Labute approximate surface area is 118 Å². The maximum Gasteiger partial charge on any atom is 0.408 e. The van der Waals surface area contributed by atoms with Crippen LogP contribution in [0, 0.1) is 0 Å². The number of nitrogens with zero attached hydrogens (tertiary/aromatic N) is 1. The van der Waals surface area contributed by atoms with Crippen LogP contribution in [0.4, 0.5) is 4.79 Å². The van der Waals surface area contributed by atoms with E-state index in [1.807, 2.05) is 32.9 Å². The molecule has 1 N–H and O–H groups in total. The summed E-state index contributed by atoms with van der Waals surface area (Å²) in [6.07, 6.45) is 2.50. The van der Waals surface area contributed by atoms with Gasteiger partial charge in [-0.25, -0.2) is 4.79 Å². The maximum absolute atomic E-state index is 11.6. The van der Waals surface area contributed by atoms with Crippen LogP contribution in [0.15, 0.2) is 24.5 Å². The number of aromatic nitrogens is 1. The van der Waals surface area contributed by atoms with Gasteiger partial charge in [-0.2, -0.15) is 0 Å². The van der Waals surface area contributed by atoms with E-state index >= 15 is 0 Å². The molecule has 2 rings (SSSR count). The summed E-state index contributed by atoms with van der Waals surface area (Å²) in [5, 5.41) is 2.72. The molecule has 0 unspecified atom stereocenters. The van der Waals surface area contributed by atoms with E-state index in [1.54, 1.807) is 12.4 Å². The number of alkyl carbamates (subject to hydrolysis) is 1. The molecule has 0 aromatic carbocycles. The Kier molecular flexibility index (Phi) is 4.57. The third kappa shape index (κ3) is 4.47. The van der Waals surface area contributed by atoms with Gasteiger partial charge in [-0.05, 0) is 26.8 Å². The number of amides is 1. The van der Waals surface area contributed by atoms with Gasteiger partial charge >= 0.3 is 6.09 Å². The zero-order chi connectivity index (χ0) is 14.6. The molecule has 1 saturated heterocycles. The molecule has 20 heavy (non-hydrogen) atoms. The van der Waals surface area contributed by atoms with Gasteiger partial charge in [0.1, 0.15) is 5.60 Å². The minimum absolute atomic E-state index is 0.210. The van der Waals surface area contributed by atoms with Crippen LogP contribution in [0.2, 0.25) is 0 Å². The van der Waals surface area contributed by atoms with Gasteiger partial charge in [0.05, 0.1) is 19.3 Å². The Balaban J connectivity index is 1.79. The predicted octanol–water partition coefficient (Wildman–Crippen LogP) is 2.02. The van der Waals surface area contributed by atoms with Crippen molar-refractivity contribution < 1.29 is 19.0 Å². The molecule has 1 aromatic rings. The summed E-state index contributed by atoms with van der Waals surface area (Å²) in [5.74, 6) is 0. The monoisotopic (exact) mass is 280 g/mol. The van der Waals surface area contributed by atoms with Crippen LogP contribution in [0.3, 0.4) is 0 Å². The Morgan fingerprint density at radius 3 is 2.65 bits per heavy atom. The SMILES string of the molecule is CC(C)(C)OC(=O)NC1COC(c2cccnc2)OC1. The second-order valence-corrected chi connectivity index (χ2v) is 5.63. The van der Waals surface area contributed by atoms with Crippen LogP contribution in [0.25, 0.3) is 0 Å². The van der Waals surface area contributed by atoms with Crippen LogP contribution >= 0.6 is 0 Å². The van der Waals surface area contributed by atoms with Gasteiger partial charge < -0.3 is 19.5 Å². The average Bonchev–Trinajstić information content (AvgIpc) is 2.38. The lowest BCUT2D eigenvalue weighted by Crippen LogP contribution is -2.46. The highest BCUT2D eigenvalue weighted by Gasteiger charge is 2.26. The number of hydrogen-bond donors (Lipinski definition) is 1. The van der Waals surface area contributed by atoms with Crippen molar-refractivity contribution in [1.29, 1.82) is 0 Å². The summed E-state index contributed by atoms with van der Waals surface area (Å²) in [4.78, 5) is 15.6. The van der Waals surface area contributed by atoms with E-state index in [9.17, 15) is 4.79 Å². The molecule has 110 valence electrons. The summed E-state index contributed by atoms with van der Waals surface area (Å²) < 4.78 is 16.3. The normalized spacial score (nSPS) is 23.1. The Bertz CT molecular complexity index is 436. The fourth-order valence-electron chi connectivity index (χ4n) is 1.77. The minimum Gasteiger partial charge on any atom is -0.444 e. The number of rotatable bonds is 2. The number of nitrogens with one attached hydrogen (secondary N) is 1. The highest BCUT2D eigenvalue weighted by atomic mass is 16.7. The number of carbonyl (C=O) groups is 1. The lowest BCUT2D eigenvalue weighted by atomic mass is 10.2. The summed E-state index contributed by atoms with van der Waals surface area (Å²) in [6.45, 7) is 6.20. The van der Waals surface area contributed by atoms with Crippen molar-refractivity contribution in [2.75, 3.05) is 13.2 Å². The molecule has 1 aromatic heterocycles. The van der Waals surface area contributed by atoms with Gasteiger partial charge in [0, 0.05) is 18.0 Å². The van der Waals surface area contributed by atoms with E-state index < -0.39 is 18.0 Å². The molecule has 2 heterocycles. The molecule has 0 bridgehead atoms. The first-order chi connectivity index (χ1) is 9.44. The zero-order valence-corrected chi connectivity index (χ0v) is 12.0. The van der Waals surface area contributed by atoms with Crippen LogP contribution in [0.5, 0.6) is 0 Å². The molecular formula is C14H20N2O4. The minimum atomic E-state index is -0.515. The highest BCUT2D eigenvalue weighted by Crippen LogP contribution is 2.22. The Hall–Kier alpha value is -1.66. The maximum atomic E-state index is 11.6. The van der Waals surface area contributed by atoms with Crippen LogP contribution in [0.1, 0.15) is 32.6 Å². The quantitative estimate of drug-likeness (QED) is 0.897. The number of hydrogen-bond acceptors (Lipinski definition) is 5. The average molecular weight is 280 g/mol. The Morgan fingerprint density at radius 1 is 1.40 bits per heavy atom. The van der Waals surface area contributed by atoms with Crippen molar-refractivity contribution in [2.45, 2.75) is 38.7 Å². The Morgan fingerprint density at radius 2 is 2.10 bits per heavy atom. The van der Waals surface area contributed by atoms with Crippen molar-refractivity contribution in [3.05, 3.63) is 30.1 Å². The second kappa shape index (κ2) is 6.19. The summed E-state index contributed by atoms with van der Waals surface area (Å²) >= 11 is 0. The van der Waals surface area contributed by atoms with Gasteiger partial charge in [-0.1, -0.05) is 6.07 Å². The van der Waals surface area contributed by atoms with Gasteiger partial charge in [0.25, 0.3) is 0 Å². The molecular weight excluding hydrogens is 260 g/mol.